The fourth-order valence-corrected chi connectivity index (χ4v) is 4.15. The molecule has 1 aliphatic rings. The van der Waals surface area contributed by atoms with E-state index in [0.717, 1.165) is 17.5 Å². The molecule has 0 saturated carbocycles. The van der Waals surface area contributed by atoms with Gasteiger partial charge >= 0.3 is 6.03 Å². The lowest BCUT2D eigenvalue weighted by molar-refractivity contribution is 0.244. The van der Waals surface area contributed by atoms with Crippen LogP contribution in [0.3, 0.4) is 0 Å². The van der Waals surface area contributed by atoms with E-state index in [1.807, 2.05) is 61.5 Å². The third-order valence-electron chi connectivity index (χ3n) is 5.98. The van der Waals surface area contributed by atoms with Crippen molar-refractivity contribution in [3.8, 4) is 11.4 Å². The number of amides is 2. The number of benzene rings is 3. The number of aryl methyl sites for hydroxylation is 1. The maximum atomic E-state index is 13.5. The van der Waals surface area contributed by atoms with Gasteiger partial charge in [-0.05, 0) is 48.7 Å². The standard InChI is InChI=1S/C27H23FN4O2/c1-3-18-9-11-19(12-10-18)24-23(26-30-25(31-34-26)20-7-5-4-6-8-20)17(2)32(27(33)29-24)22-15-13-21(28)14-16-22/h4-16,24H,3H2,1-2H3,(H,29,33). The minimum absolute atomic E-state index is 0.313. The maximum absolute atomic E-state index is 13.5. The van der Waals surface area contributed by atoms with Gasteiger partial charge in [-0.2, -0.15) is 4.98 Å². The largest absolute Gasteiger partial charge is 0.334 e. The van der Waals surface area contributed by atoms with Crippen molar-refractivity contribution in [3.05, 3.63) is 107 Å². The van der Waals surface area contributed by atoms with Crippen molar-refractivity contribution in [2.24, 2.45) is 0 Å². The van der Waals surface area contributed by atoms with Crippen molar-refractivity contribution in [2.45, 2.75) is 26.3 Å². The summed E-state index contributed by atoms with van der Waals surface area (Å²) in [4.78, 5) is 19.4. The molecule has 0 bridgehead atoms. The van der Waals surface area contributed by atoms with E-state index in [-0.39, 0.29) is 11.8 Å². The van der Waals surface area contributed by atoms with Gasteiger partial charge in [0.05, 0.1) is 17.3 Å². The van der Waals surface area contributed by atoms with Crippen LogP contribution in [-0.2, 0) is 6.42 Å². The summed E-state index contributed by atoms with van der Waals surface area (Å²) in [6.45, 7) is 3.92. The molecule has 3 aromatic carbocycles. The van der Waals surface area contributed by atoms with Gasteiger partial charge < -0.3 is 9.84 Å². The van der Waals surface area contributed by atoms with Crippen molar-refractivity contribution in [3.63, 3.8) is 0 Å². The smallest absolute Gasteiger partial charge is 0.326 e. The number of nitrogens with one attached hydrogen (secondary N) is 1. The average Bonchev–Trinajstić information content (AvgIpc) is 3.35. The number of aromatic nitrogens is 2. The zero-order chi connectivity index (χ0) is 23.7. The molecular formula is C27H23FN4O2. The molecule has 0 fully saturated rings. The molecule has 0 aliphatic carbocycles. The number of carbonyl (C=O) groups excluding carboxylic acids is 1. The lowest BCUT2D eigenvalue weighted by atomic mass is 9.93. The normalized spacial score (nSPS) is 16.0. The maximum Gasteiger partial charge on any atom is 0.326 e. The Hall–Kier alpha value is -4.26. The number of halogens is 1. The van der Waals surface area contributed by atoms with Crippen LogP contribution < -0.4 is 10.2 Å². The molecule has 34 heavy (non-hydrogen) atoms. The Kier molecular flexibility index (Phi) is 5.67. The van der Waals surface area contributed by atoms with Gasteiger partial charge in [-0.15, -0.1) is 0 Å². The molecule has 2 amide bonds. The molecule has 1 unspecified atom stereocenters. The summed E-state index contributed by atoms with van der Waals surface area (Å²) in [6.07, 6.45) is 0.918. The Morgan fingerprint density at radius 2 is 1.71 bits per heavy atom. The van der Waals surface area contributed by atoms with E-state index in [4.69, 9.17) is 4.52 Å². The second-order valence-electron chi connectivity index (χ2n) is 8.08. The molecule has 1 aliphatic heterocycles. The first-order chi connectivity index (χ1) is 16.5. The summed E-state index contributed by atoms with van der Waals surface area (Å²) in [7, 11) is 0. The van der Waals surface area contributed by atoms with Gasteiger partial charge in [0.25, 0.3) is 5.89 Å². The van der Waals surface area contributed by atoms with E-state index < -0.39 is 6.04 Å². The van der Waals surface area contributed by atoms with E-state index >= 15 is 0 Å². The summed E-state index contributed by atoms with van der Waals surface area (Å²) in [6, 6.07) is 22.6. The van der Waals surface area contributed by atoms with Gasteiger partial charge in [-0.25, -0.2) is 9.18 Å². The minimum Gasteiger partial charge on any atom is -0.334 e. The minimum atomic E-state index is -0.487. The number of allylic oxidation sites excluding steroid dienone is 1. The van der Waals surface area contributed by atoms with Crippen LogP contribution in [0.1, 0.15) is 36.9 Å². The second-order valence-corrected chi connectivity index (χ2v) is 8.08. The van der Waals surface area contributed by atoms with E-state index in [2.05, 4.69) is 22.4 Å². The number of anilines is 1. The molecule has 1 atom stereocenters. The Bertz CT molecular complexity index is 1350. The molecule has 0 saturated heterocycles. The predicted octanol–water partition coefficient (Wildman–Crippen LogP) is 6.14. The average molecular weight is 455 g/mol. The molecule has 1 aromatic heterocycles. The number of hydrogen-bond donors (Lipinski definition) is 1. The molecule has 2 heterocycles. The molecule has 0 spiro atoms. The lowest BCUT2D eigenvalue weighted by Gasteiger charge is -2.35. The van der Waals surface area contributed by atoms with Crippen LogP contribution >= 0.6 is 0 Å². The van der Waals surface area contributed by atoms with Crippen LogP contribution in [-0.4, -0.2) is 16.2 Å². The highest BCUT2D eigenvalue weighted by molar-refractivity contribution is 6.01. The highest BCUT2D eigenvalue weighted by atomic mass is 19.1. The van der Waals surface area contributed by atoms with Crippen molar-refractivity contribution >= 4 is 17.3 Å². The van der Waals surface area contributed by atoms with Gasteiger partial charge in [0, 0.05) is 11.3 Å². The number of carbonyl (C=O) groups is 1. The van der Waals surface area contributed by atoms with Crippen molar-refractivity contribution in [1.29, 1.82) is 0 Å². The highest BCUT2D eigenvalue weighted by Gasteiger charge is 2.36. The summed E-state index contributed by atoms with van der Waals surface area (Å²) in [5.41, 5.74) is 4.78. The summed E-state index contributed by atoms with van der Waals surface area (Å²) < 4.78 is 19.2. The lowest BCUT2D eigenvalue weighted by Crippen LogP contribution is -2.46. The Morgan fingerprint density at radius 3 is 2.38 bits per heavy atom. The zero-order valence-corrected chi connectivity index (χ0v) is 18.8. The SMILES string of the molecule is CCc1ccc(C2NC(=O)N(c3ccc(F)cc3)C(C)=C2c2nc(-c3ccccc3)no2)cc1. The summed E-state index contributed by atoms with van der Waals surface area (Å²) >= 11 is 0. The molecule has 5 rings (SSSR count). The van der Waals surface area contributed by atoms with Crippen molar-refractivity contribution < 1.29 is 13.7 Å². The highest BCUT2D eigenvalue weighted by Crippen LogP contribution is 2.39. The molecular weight excluding hydrogens is 431 g/mol. The first-order valence-corrected chi connectivity index (χ1v) is 11.1. The van der Waals surface area contributed by atoms with Gasteiger partial charge in [0.1, 0.15) is 5.82 Å². The third-order valence-corrected chi connectivity index (χ3v) is 5.98. The monoisotopic (exact) mass is 454 g/mol. The fraction of sp³-hybridized carbons (Fsp3) is 0.148. The number of rotatable bonds is 5. The molecule has 6 nitrogen and oxygen atoms in total. The first-order valence-electron chi connectivity index (χ1n) is 11.1. The molecule has 0 radical (unpaired) electrons. The summed E-state index contributed by atoms with van der Waals surface area (Å²) in [5, 5.41) is 7.25. The van der Waals surface area contributed by atoms with E-state index in [1.54, 1.807) is 12.1 Å². The summed E-state index contributed by atoms with van der Waals surface area (Å²) in [5.74, 6) is 0.399. The van der Waals surface area contributed by atoms with Crippen LogP contribution in [0.25, 0.3) is 17.0 Å². The molecule has 1 N–H and O–H groups in total. The van der Waals surface area contributed by atoms with Gasteiger partial charge in [-0.3, -0.25) is 4.90 Å². The molecule has 4 aromatic rings. The van der Waals surface area contributed by atoms with Crippen LogP contribution in [0, 0.1) is 5.82 Å². The molecule has 170 valence electrons. The number of hydrogen-bond acceptors (Lipinski definition) is 4. The van der Waals surface area contributed by atoms with Gasteiger partial charge in [0.15, 0.2) is 0 Å². The first kappa shape index (κ1) is 21.6. The van der Waals surface area contributed by atoms with E-state index in [0.29, 0.717) is 28.7 Å². The predicted molar refractivity (Wildman–Crippen MR) is 128 cm³/mol. The van der Waals surface area contributed by atoms with Crippen LogP contribution in [0.15, 0.2) is 89.1 Å². The van der Waals surface area contributed by atoms with Gasteiger partial charge in [-0.1, -0.05) is 66.7 Å². The second kappa shape index (κ2) is 8.94. The van der Waals surface area contributed by atoms with E-state index in [9.17, 15) is 9.18 Å². The van der Waals surface area contributed by atoms with Crippen LogP contribution in [0.5, 0.6) is 0 Å². The van der Waals surface area contributed by atoms with Gasteiger partial charge in [0.2, 0.25) is 5.82 Å². The fourth-order valence-electron chi connectivity index (χ4n) is 4.15. The van der Waals surface area contributed by atoms with Crippen LogP contribution in [0.4, 0.5) is 14.9 Å². The van der Waals surface area contributed by atoms with Crippen LogP contribution in [0.2, 0.25) is 0 Å². The topological polar surface area (TPSA) is 71.3 Å². The quantitative estimate of drug-likeness (QED) is 0.393. The zero-order valence-electron chi connectivity index (χ0n) is 18.8. The third kappa shape index (κ3) is 3.96. The van der Waals surface area contributed by atoms with Crippen molar-refractivity contribution in [2.75, 3.05) is 4.90 Å². The number of urea groups is 1. The Morgan fingerprint density at radius 1 is 1.00 bits per heavy atom. The number of nitrogens with zero attached hydrogens (tertiary/aromatic N) is 3. The van der Waals surface area contributed by atoms with Crippen molar-refractivity contribution in [1.82, 2.24) is 15.5 Å². The Labute approximate surface area is 196 Å². The molecule has 7 heteroatoms. The Balaban J connectivity index is 1.64. The van der Waals surface area contributed by atoms with E-state index in [1.165, 1.54) is 22.6 Å².